The normalized spacial score (nSPS) is 14.0. The first-order valence-corrected chi connectivity index (χ1v) is 11.9. The molecule has 0 amide bonds. The average Bonchev–Trinajstić information content (AvgIpc) is 3.55. The number of H-pyrrole nitrogens is 1. The van der Waals surface area contributed by atoms with Crippen molar-refractivity contribution in [1.29, 1.82) is 0 Å². The van der Waals surface area contributed by atoms with Crippen LogP contribution in [0.3, 0.4) is 0 Å². The van der Waals surface area contributed by atoms with Gasteiger partial charge in [0.25, 0.3) is 0 Å². The van der Waals surface area contributed by atoms with Crippen LogP contribution in [0, 0.1) is 6.92 Å². The number of fused-ring (bicyclic) bond motifs is 1. The molecule has 1 aliphatic heterocycles. The molecular weight excluding hydrogens is 426 g/mol. The molecule has 0 bridgehead atoms. The van der Waals surface area contributed by atoms with E-state index in [4.69, 9.17) is 4.74 Å². The molecule has 0 radical (unpaired) electrons. The number of likely N-dealkylation sites (tertiary alicyclic amines) is 1. The zero-order valence-electron chi connectivity index (χ0n) is 19.5. The fourth-order valence-electron chi connectivity index (χ4n) is 4.49. The maximum absolute atomic E-state index is 12.6. The highest BCUT2D eigenvalue weighted by Crippen LogP contribution is 2.31. The van der Waals surface area contributed by atoms with Gasteiger partial charge < -0.3 is 9.64 Å². The SMILES string of the molecule is Cc1cccc(-c2[nH]ncc2-c2ccc3ncc(C(=O)OCCCCN4CCCC4)cc3c2)n1. The number of nitrogens with zero attached hydrogens (tertiary/aromatic N) is 4. The number of esters is 1. The minimum Gasteiger partial charge on any atom is -0.462 e. The summed E-state index contributed by atoms with van der Waals surface area (Å²) in [5, 5.41) is 8.20. The Bertz CT molecular complexity index is 1290. The lowest BCUT2D eigenvalue weighted by molar-refractivity contribution is 0.0495. The Morgan fingerprint density at radius 2 is 1.97 bits per heavy atom. The van der Waals surface area contributed by atoms with Crippen LogP contribution in [0.5, 0.6) is 0 Å². The topological polar surface area (TPSA) is 84.0 Å². The monoisotopic (exact) mass is 455 g/mol. The van der Waals surface area contributed by atoms with Crippen LogP contribution in [0.25, 0.3) is 33.4 Å². The van der Waals surface area contributed by atoms with Crippen molar-refractivity contribution >= 4 is 16.9 Å². The van der Waals surface area contributed by atoms with Crippen LogP contribution in [0.4, 0.5) is 0 Å². The van der Waals surface area contributed by atoms with Gasteiger partial charge in [0.15, 0.2) is 0 Å². The van der Waals surface area contributed by atoms with Crippen molar-refractivity contribution in [1.82, 2.24) is 25.1 Å². The van der Waals surface area contributed by atoms with Gasteiger partial charge in [0.05, 0.1) is 35.3 Å². The third-order valence-corrected chi connectivity index (χ3v) is 6.31. The van der Waals surface area contributed by atoms with Crippen LogP contribution < -0.4 is 0 Å². The van der Waals surface area contributed by atoms with E-state index in [-0.39, 0.29) is 5.97 Å². The minimum absolute atomic E-state index is 0.325. The quantitative estimate of drug-likeness (QED) is 0.296. The second-order valence-corrected chi connectivity index (χ2v) is 8.85. The molecule has 1 fully saturated rings. The molecule has 1 aromatic carbocycles. The molecule has 7 heteroatoms. The molecule has 174 valence electrons. The van der Waals surface area contributed by atoms with Crippen molar-refractivity contribution in [2.24, 2.45) is 0 Å². The highest BCUT2D eigenvalue weighted by molar-refractivity contribution is 5.95. The Kier molecular flexibility index (Phi) is 6.62. The van der Waals surface area contributed by atoms with Gasteiger partial charge in [-0.3, -0.25) is 15.1 Å². The first kappa shape index (κ1) is 22.2. The number of hydrogen-bond donors (Lipinski definition) is 1. The molecule has 0 unspecified atom stereocenters. The number of aromatic amines is 1. The number of benzene rings is 1. The van der Waals surface area contributed by atoms with Crippen molar-refractivity contribution < 1.29 is 9.53 Å². The van der Waals surface area contributed by atoms with E-state index in [0.717, 1.165) is 58.5 Å². The Labute approximate surface area is 199 Å². The maximum Gasteiger partial charge on any atom is 0.339 e. The zero-order chi connectivity index (χ0) is 23.3. The molecule has 0 spiro atoms. The van der Waals surface area contributed by atoms with E-state index in [9.17, 15) is 4.79 Å². The Morgan fingerprint density at radius 3 is 2.82 bits per heavy atom. The van der Waals surface area contributed by atoms with Crippen LogP contribution in [0.15, 0.2) is 54.9 Å². The summed E-state index contributed by atoms with van der Waals surface area (Å²) in [6.07, 6.45) is 7.93. The predicted molar refractivity (Wildman–Crippen MR) is 132 cm³/mol. The summed E-state index contributed by atoms with van der Waals surface area (Å²) in [6, 6.07) is 13.8. The first-order chi connectivity index (χ1) is 16.7. The molecular formula is C27H29N5O2. The standard InChI is InChI=1S/C27H29N5O2/c1-19-7-6-8-25(30-19)26-23(18-29-31-26)20-9-10-24-21(15-20)16-22(17-28-24)27(33)34-14-5-4-13-32-11-2-3-12-32/h6-10,15-18H,2-5,11-14H2,1H3,(H,29,31). The third-order valence-electron chi connectivity index (χ3n) is 6.31. The van der Waals surface area contributed by atoms with Crippen molar-refractivity contribution in [3.8, 4) is 22.5 Å². The van der Waals surface area contributed by atoms with E-state index in [1.165, 1.54) is 25.9 Å². The molecule has 34 heavy (non-hydrogen) atoms. The van der Waals surface area contributed by atoms with E-state index >= 15 is 0 Å². The van der Waals surface area contributed by atoms with Crippen LogP contribution in [-0.4, -0.2) is 57.3 Å². The second kappa shape index (κ2) is 10.1. The molecule has 7 nitrogen and oxygen atoms in total. The molecule has 3 aromatic heterocycles. The molecule has 5 rings (SSSR count). The fraction of sp³-hybridized carbons (Fsp3) is 0.333. The highest BCUT2D eigenvalue weighted by Gasteiger charge is 2.14. The molecule has 0 aliphatic carbocycles. The molecule has 1 saturated heterocycles. The summed E-state index contributed by atoms with van der Waals surface area (Å²) in [7, 11) is 0. The van der Waals surface area contributed by atoms with E-state index in [1.54, 1.807) is 12.4 Å². The molecule has 0 atom stereocenters. The predicted octanol–water partition coefficient (Wildman–Crippen LogP) is 5.03. The molecule has 4 heterocycles. The van der Waals surface area contributed by atoms with Crippen LogP contribution in [0.1, 0.15) is 41.7 Å². The van der Waals surface area contributed by atoms with E-state index in [0.29, 0.717) is 12.2 Å². The van der Waals surface area contributed by atoms with E-state index in [1.807, 2.05) is 49.4 Å². The number of nitrogens with one attached hydrogen (secondary N) is 1. The number of unbranched alkanes of at least 4 members (excludes halogenated alkanes) is 1. The largest absolute Gasteiger partial charge is 0.462 e. The summed E-state index contributed by atoms with van der Waals surface area (Å²) >= 11 is 0. The van der Waals surface area contributed by atoms with Gasteiger partial charge in [0.1, 0.15) is 0 Å². The fourth-order valence-corrected chi connectivity index (χ4v) is 4.49. The number of aryl methyl sites for hydroxylation is 1. The number of carbonyl (C=O) groups excluding carboxylic acids is 1. The highest BCUT2D eigenvalue weighted by atomic mass is 16.5. The van der Waals surface area contributed by atoms with Crippen LogP contribution in [0.2, 0.25) is 0 Å². The molecule has 1 N–H and O–H groups in total. The van der Waals surface area contributed by atoms with E-state index in [2.05, 4.69) is 25.1 Å². The number of ether oxygens (including phenoxy) is 1. The van der Waals surface area contributed by atoms with Gasteiger partial charge in [-0.25, -0.2) is 4.79 Å². The second-order valence-electron chi connectivity index (χ2n) is 8.85. The number of rotatable bonds is 8. The number of aromatic nitrogens is 4. The van der Waals surface area contributed by atoms with Crippen LogP contribution in [-0.2, 0) is 4.74 Å². The number of pyridine rings is 2. The number of carbonyl (C=O) groups is 1. The van der Waals surface area contributed by atoms with Crippen molar-refractivity contribution in [2.45, 2.75) is 32.6 Å². The number of hydrogen-bond acceptors (Lipinski definition) is 6. The van der Waals surface area contributed by atoms with E-state index < -0.39 is 0 Å². The van der Waals surface area contributed by atoms with Crippen molar-refractivity contribution in [3.63, 3.8) is 0 Å². The molecule has 4 aromatic rings. The van der Waals surface area contributed by atoms with Gasteiger partial charge in [-0.15, -0.1) is 0 Å². The average molecular weight is 456 g/mol. The summed E-state index contributed by atoms with van der Waals surface area (Å²) in [5.74, 6) is -0.325. The lowest BCUT2D eigenvalue weighted by atomic mass is 10.0. The summed E-state index contributed by atoms with van der Waals surface area (Å²) < 4.78 is 5.51. The summed E-state index contributed by atoms with van der Waals surface area (Å²) in [4.78, 5) is 24.2. The Balaban J connectivity index is 1.28. The van der Waals surface area contributed by atoms with Crippen LogP contribution >= 0.6 is 0 Å². The van der Waals surface area contributed by atoms with Gasteiger partial charge in [-0.05, 0) is 88.1 Å². The smallest absolute Gasteiger partial charge is 0.339 e. The lowest BCUT2D eigenvalue weighted by Crippen LogP contribution is -2.20. The molecule has 1 aliphatic rings. The Morgan fingerprint density at radius 1 is 1.09 bits per heavy atom. The van der Waals surface area contributed by atoms with Crippen molar-refractivity contribution in [2.75, 3.05) is 26.2 Å². The summed E-state index contributed by atoms with van der Waals surface area (Å²) in [6.45, 7) is 5.90. The van der Waals surface area contributed by atoms with Gasteiger partial charge in [-0.2, -0.15) is 5.10 Å². The Hall–Kier alpha value is -3.58. The lowest BCUT2D eigenvalue weighted by Gasteiger charge is -2.13. The maximum atomic E-state index is 12.6. The van der Waals surface area contributed by atoms with Gasteiger partial charge in [0, 0.05) is 22.8 Å². The van der Waals surface area contributed by atoms with Gasteiger partial charge in [0.2, 0.25) is 0 Å². The first-order valence-electron chi connectivity index (χ1n) is 11.9. The summed E-state index contributed by atoms with van der Waals surface area (Å²) in [5.41, 5.74) is 5.87. The van der Waals surface area contributed by atoms with Crippen molar-refractivity contribution in [3.05, 3.63) is 66.1 Å². The third kappa shape index (κ3) is 4.99. The van der Waals surface area contributed by atoms with Gasteiger partial charge in [-0.1, -0.05) is 12.1 Å². The molecule has 0 saturated carbocycles. The minimum atomic E-state index is -0.325. The van der Waals surface area contributed by atoms with Gasteiger partial charge >= 0.3 is 5.97 Å². The zero-order valence-corrected chi connectivity index (χ0v) is 19.5.